The quantitative estimate of drug-likeness (QED) is 0.468. The van der Waals surface area contributed by atoms with Crippen molar-refractivity contribution >= 4 is 11.8 Å². The molecule has 0 radical (unpaired) electrons. The second-order valence-electron chi connectivity index (χ2n) is 8.70. The van der Waals surface area contributed by atoms with Gasteiger partial charge in [0.2, 0.25) is 5.91 Å². The molecule has 0 saturated heterocycles. The van der Waals surface area contributed by atoms with Gasteiger partial charge in [-0.2, -0.15) is 5.10 Å². The summed E-state index contributed by atoms with van der Waals surface area (Å²) >= 11 is 0. The van der Waals surface area contributed by atoms with Crippen molar-refractivity contribution in [1.29, 1.82) is 0 Å². The third-order valence-corrected chi connectivity index (χ3v) is 6.49. The summed E-state index contributed by atoms with van der Waals surface area (Å²) in [5.41, 5.74) is 4.46. The number of halogens is 1. The Morgan fingerprint density at radius 2 is 1.83 bits per heavy atom. The highest BCUT2D eigenvalue weighted by molar-refractivity contribution is 5.96. The van der Waals surface area contributed by atoms with Crippen molar-refractivity contribution in [2.45, 2.75) is 38.9 Å². The van der Waals surface area contributed by atoms with E-state index in [1.165, 1.54) is 18.4 Å². The van der Waals surface area contributed by atoms with E-state index in [0.29, 0.717) is 13.0 Å². The van der Waals surface area contributed by atoms with E-state index in [0.717, 1.165) is 28.1 Å². The van der Waals surface area contributed by atoms with Crippen LogP contribution in [0.15, 0.2) is 77.5 Å². The molecule has 0 saturated carbocycles. The molecule has 2 aromatic heterocycles. The number of fused-ring (bicyclic) bond motifs is 1. The number of carbonyl (C=O) groups excluding carboxylic acids is 2. The Morgan fingerprint density at radius 3 is 2.54 bits per heavy atom. The van der Waals surface area contributed by atoms with Crippen molar-refractivity contribution in [1.82, 2.24) is 20.0 Å². The highest BCUT2D eigenvalue weighted by Crippen LogP contribution is 2.27. The van der Waals surface area contributed by atoms with Gasteiger partial charge in [0.1, 0.15) is 11.9 Å². The van der Waals surface area contributed by atoms with Gasteiger partial charge in [-0.15, -0.1) is 0 Å². The maximum atomic E-state index is 13.5. The summed E-state index contributed by atoms with van der Waals surface area (Å²) in [5.74, 6) is -0.688. The van der Waals surface area contributed by atoms with Crippen LogP contribution in [0.5, 0.6) is 0 Å². The molecule has 178 valence electrons. The average molecular weight is 473 g/mol. The summed E-state index contributed by atoms with van der Waals surface area (Å²) in [6, 6.07) is 16.1. The summed E-state index contributed by atoms with van der Waals surface area (Å²) in [6.45, 7) is 4.11. The third-order valence-electron chi connectivity index (χ3n) is 6.49. The molecule has 0 bridgehead atoms. The number of rotatable bonds is 5. The van der Waals surface area contributed by atoms with Crippen molar-refractivity contribution in [2.75, 3.05) is 0 Å². The number of amides is 2. The van der Waals surface area contributed by atoms with E-state index in [-0.39, 0.29) is 29.4 Å². The molecule has 1 aliphatic heterocycles. The van der Waals surface area contributed by atoms with Gasteiger partial charge < -0.3 is 14.6 Å². The van der Waals surface area contributed by atoms with Crippen molar-refractivity contribution in [2.24, 2.45) is 0 Å². The van der Waals surface area contributed by atoms with Gasteiger partial charge in [-0.3, -0.25) is 9.59 Å². The van der Waals surface area contributed by atoms with Crippen LogP contribution in [0.25, 0.3) is 5.69 Å². The smallest absolute Gasteiger partial charge is 0.290 e. The molecule has 8 heteroatoms. The third kappa shape index (κ3) is 4.35. The zero-order chi connectivity index (χ0) is 24.5. The zero-order valence-corrected chi connectivity index (χ0v) is 19.4. The number of nitrogens with zero attached hydrogens (tertiary/aromatic N) is 3. The topological polar surface area (TPSA) is 80.4 Å². The first-order valence-electron chi connectivity index (χ1n) is 11.4. The summed E-state index contributed by atoms with van der Waals surface area (Å²) in [4.78, 5) is 28.3. The van der Waals surface area contributed by atoms with E-state index < -0.39 is 6.04 Å². The number of hydrogen-bond acceptors (Lipinski definition) is 4. The van der Waals surface area contributed by atoms with Crippen molar-refractivity contribution in [3.8, 4) is 5.69 Å². The fraction of sp³-hybridized carbons (Fsp3) is 0.222. The first-order valence-corrected chi connectivity index (χ1v) is 11.4. The Bertz CT molecular complexity index is 1360. The molecule has 2 aromatic carbocycles. The number of nitrogens with one attached hydrogen (secondary N) is 1. The minimum Gasteiger partial charge on any atom is -0.459 e. The molecule has 7 nitrogen and oxygen atoms in total. The lowest BCUT2D eigenvalue weighted by Crippen LogP contribution is -2.52. The van der Waals surface area contributed by atoms with E-state index in [9.17, 15) is 14.0 Å². The predicted octanol–water partition coefficient (Wildman–Crippen LogP) is 4.36. The molecular weight excluding hydrogens is 447 g/mol. The lowest BCUT2D eigenvalue weighted by Gasteiger charge is -2.36. The lowest BCUT2D eigenvalue weighted by atomic mass is 9.93. The molecule has 0 fully saturated rings. The van der Waals surface area contributed by atoms with Crippen LogP contribution in [0, 0.1) is 12.7 Å². The van der Waals surface area contributed by atoms with E-state index in [4.69, 9.17) is 4.42 Å². The second kappa shape index (κ2) is 9.21. The molecule has 2 atom stereocenters. The number of carbonyl (C=O) groups is 2. The van der Waals surface area contributed by atoms with E-state index >= 15 is 0 Å². The summed E-state index contributed by atoms with van der Waals surface area (Å²) in [5, 5.41) is 7.49. The molecule has 5 rings (SSSR count). The molecule has 35 heavy (non-hydrogen) atoms. The van der Waals surface area contributed by atoms with E-state index in [1.807, 2.05) is 38.1 Å². The van der Waals surface area contributed by atoms with Gasteiger partial charge in [0, 0.05) is 24.2 Å². The Balaban J connectivity index is 1.38. The van der Waals surface area contributed by atoms with Crippen molar-refractivity contribution in [3.05, 3.63) is 107 Å². The van der Waals surface area contributed by atoms with E-state index in [2.05, 4.69) is 10.4 Å². The van der Waals surface area contributed by atoms with E-state index in [1.54, 1.807) is 40.0 Å². The molecule has 2 unspecified atom stereocenters. The molecular formula is C27H25FN4O3. The highest BCUT2D eigenvalue weighted by Gasteiger charge is 2.36. The van der Waals surface area contributed by atoms with Crippen LogP contribution < -0.4 is 5.32 Å². The maximum absolute atomic E-state index is 13.5. The van der Waals surface area contributed by atoms with Gasteiger partial charge in [0.25, 0.3) is 5.91 Å². The number of aromatic nitrogens is 2. The standard InChI is InChI=1S/C27H25FN4O3/c1-17(23-15-29-32(18(23)2)22-11-9-21(28)10-12-22)30-26(33)24-14-19-6-3-4-7-20(19)16-31(24)27(34)25-8-5-13-35-25/h3-13,15,17,24H,14,16H2,1-2H3,(H,30,33). The van der Waals surface area contributed by atoms with Crippen LogP contribution in [-0.4, -0.2) is 32.5 Å². The molecule has 1 N–H and O–H groups in total. The minimum absolute atomic E-state index is 0.201. The van der Waals surface area contributed by atoms with Crippen LogP contribution in [0.1, 0.15) is 45.9 Å². The summed E-state index contributed by atoms with van der Waals surface area (Å²) < 4.78 is 20.4. The molecule has 0 spiro atoms. The minimum atomic E-state index is -0.683. The Hall–Kier alpha value is -4.20. The summed E-state index contributed by atoms with van der Waals surface area (Å²) in [7, 11) is 0. The molecule has 1 aliphatic rings. The average Bonchev–Trinajstić information content (AvgIpc) is 3.53. The zero-order valence-electron chi connectivity index (χ0n) is 19.4. The monoisotopic (exact) mass is 472 g/mol. The molecule has 0 aliphatic carbocycles. The fourth-order valence-electron chi connectivity index (χ4n) is 4.59. The van der Waals surface area contributed by atoms with Crippen LogP contribution in [0.3, 0.4) is 0 Å². The number of hydrogen-bond donors (Lipinski definition) is 1. The SMILES string of the molecule is Cc1c(C(C)NC(=O)C2Cc3ccccc3CN2C(=O)c2ccco2)cnn1-c1ccc(F)cc1. The first-order chi connectivity index (χ1) is 16.9. The van der Waals surface area contributed by atoms with Gasteiger partial charge in [0.15, 0.2) is 5.76 Å². The second-order valence-corrected chi connectivity index (χ2v) is 8.70. The van der Waals surface area contributed by atoms with Crippen LogP contribution in [0.2, 0.25) is 0 Å². The number of furan rings is 1. The molecule has 3 heterocycles. The maximum Gasteiger partial charge on any atom is 0.290 e. The van der Waals surface area contributed by atoms with Gasteiger partial charge in [-0.1, -0.05) is 24.3 Å². The first kappa shape index (κ1) is 22.6. The van der Waals surface area contributed by atoms with Crippen molar-refractivity contribution in [3.63, 3.8) is 0 Å². The predicted molar refractivity (Wildman–Crippen MR) is 127 cm³/mol. The molecule has 2 amide bonds. The Labute approximate surface area is 202 Å². The number of benzene rings is 2. The van der Waals surface area contributed by atoms with Crippen LogP contribution in [-0.2, 0) is 17.8 Å². The Kier molecular flexibility index (Phi) is 5.94. The van der Waals surface area contributed by atoms with Crippen LogP contribution in [0.4, 0.5) is 4.39 Å². The molecule has 4 aromatic rings. The Morgan fingerprint density at radius 1 is 1.09 bits per heavy atom. The van der Waals surface area contributed by atoms with Gasteiger partial charge in [-0.05, 0) is 61.4 Å². The lowest BCUT2D eigenvalue weighted by molar-refractivity contribution is -0.126. The van der Waals surface area contributed by atoms with Gasteiger partial charge in [-0.25, -0.2) is 9.07 Å². The van der Waals surface area contributed by atoms with Gasteiger partial charge in [0.05, 0.1) is 24.2 Å². The largest absolute Gasteiger partial charge is 0.459 e. The van der Waals surface area contributed by atoms with Gasteiger partial charge >= 0.3 is 0 Å². The summed E-state index contributed by atoms with van der Waals surface area (Å²) in [6.07, 6.45) is 3.56. The van der Waals surface area contributed by atoms with Crippen LogP contribution >= 0.6 is 0 Å². The normalized spacial score (nSPS) is 16.0. The highest BCUT2D eigenvalue weighted by atomic mass is 19.1. The fourth-order valence-corrected chi connectivity index (χ4v) is 4.59. The van der Waals surface area contributed by atoms with Crippen molar-refractivity contribution < 1.29 is 18.4 Å².